The molecule has 2 aliphatic heterocycles. The van der Waals surface area contributed by atoms with Crippen LogP contribution in [0, 0.1) is 0 Å². The van der Waals surface area contributed by atoms with E-state index in [2.05, 4.69) is 20.9 Å². The number of carbonyl (C=O) groups excluding carboxylic acids is 3. The number of amides is 4. The highest BCUT2D eigenvalue weighted by molar-refractivity contribution is 5.96. The summed E-state index contributed by atoms with van der Waals surface area (Å²) in [6, 6.07) is 6.47. The molecule has 0 aromatic heterocycles. The topological polar surface area (TPSA) is 103 Å². The number of ether oxygens (including phenoxy) is 1. The fourth-order valence-electron chi connectivity index (χ4n) is 3.34. The minimum absolute atomic E-state index is 0.0613. The van der Waals surface area contributed by atoms with Crippen molar-refractivity contribution in [3.8, 4) is 0 Å². The van der Waals surface area contributed by atoms with Crippen molar-refractivity contribution in [1.29, 1.82) is 0 Å². The van der Waals surface area contributed by atoms with Crippen LogP contribution in [0.1, 0.15) is 12.0 Å². The summed E-state index contributed by atoms with van der Waals surface area (Å²) in [5.41, 5.74) is 1.81. The number of rotatable bonds is 5. The van der Waals surface area contributed by atoms with Crippen molar-refractivity contribution in [2.75, 3.05) is 51.8 Å². The Labute approximate surface area is 164 Å². The third kappa shape index (κ3) is 5.20. The van der Waals surface area contributed by atoms with Gasteiger partial charge in [-0.25, -0.2) is 4.79 Å². The maximum absolute atomic E-state index is 12.7. The molecular weight excluding hydrogens is 362 g/mol. The van der Waals surface area contributed by atoms with Crippen molar-refractivity contribution in [2.45, 2.75) is 19.0 Å². The first-order valence-corrected chi connectivity index (χ1v) is 9.52. The van der Waals surface area contributed by atoms with E-state index in [4.69, 9.17) is 4.74 Å². The Morgan fingerprint density at radius 2 is 1.89 bits per heavy atom. The number of hydrogen-bond donors (Lipinski definition) is 3. The first-order valence-electron chi connectivity index (χ1n) is 9.52. The third-order valence-electron chi connectivity index (χ3n) is 4.96. The standard InChI is InChI=1S/C19H27N5O4/c1-20-17(25)12-16-18(26)21-6-7-24(16)19(27)22-15-4-2-14(3-5-15)13-23-8-10-28-11-9-23/h2-5,16H,6-13H2,1H3,(H,20,25)(H,21,26)(H,22,27)/t16-/m0/s1. The molecule has 2 aliphatic rings. The molecule has 1 aromatic rings. The van der Waals surface area contributed by atoms with Crippen LogP contribution < -0.4 is 16.0 Å². The highest BCUT2D eigenvalue weighted by atomic mass is 16.5. The average molecular weight is 389 g/mol. The van der Waals surface area contributed by atoms with Crippen LogP contribution in [-0.4, -0.2) is 80.1 Å². The number of morpholine rings is 1. The summed E-state index contributed by atoms with van der Waals surface area (Å²) in [6.45, 7) is 4.93. The van der Waals surface area contributed by atoms with Crippen molar-refractivity contribution in [3.63, 3.8) is 0 Å². The molecule has 1 atom stereocenters. The third-order valence-corrected chi connectivity index (χ3v) is 4.96. The molecule has 9 nitrogen and oxygen atoms in total. The zero-order chi connectivity index (χ0) is 19.9. The van der Waals surface area contributed by atoms with E-state index < -0.39 is 6.04 Å². The van der Waals surface area contributed by atoms with Crippen LogP contribution in [0.2, 0.25) is 0 Å². The molecule has 2 heterocycles. The maximum Gasteiger partial charge on any atom is 0.322 e. The largest absolute Gasteiger partial charge is 0.379 e. The quantitative estimate of drug-likeness (QED) is 0.657. The SMILES string of the molecule is CNC(=O)C[C@H]1C(=O)NCCN1C(=O)Nc1ccc(CN2CCOCC2)cc1. The van der Waals surface area contributed by atoms with Gasteiger partial charge in [0.25, 0.3) is 0 Å². The highest BCUT2D eigenvalue weighted by Gasteiger charge is 2.34. The summed E-state index contributed by atoms with van der Waals surface area (Å²) >= 11 is 0. The number of hydrogen-bond acceptors (Lipinski definition) is 5. The van der Waals surface area contributed by atoms with Crippen molar-refractivity contribution in [1.82, 2.24) is 20.4 Å². The number of anilines is 1. The van der Waals surface area contributed by atoms with E-state index >= 15 is 0 Å². The van der Waals surface area contributed by atoms with Gasteiger partial charge >= 0.3 is 6.03 Å². The Bertz CT molecular complexity index is 703. The van der Waals surface area contributed by atoms with Gasteiger partial charge in [0.15, 0.2) is 0 Å². The number of piperazine rings is 1. The van der Waals surface area contributed by atoms with E-state index in [9.17, 15) is 14.4 Å². The molecule has 0 spiro atoms. The van der Waals surface area contributed by atoms with Gasteiger partial charge in [-0.05, 0) is 17.7 Å². The molecule has 0 saturated carbocycles. The summed E-state index contributed by atoms with van der Waals surface area (Å²) in [7, 11) is 1.51. The molecule has 0 bridgehead atoms. The van der Waals surface area contributed by atoms with Crippen molar-refractivity contribution >= 4 is 23.5 Å². The number of benzene rings is 1. The lowest BCUT2D eigenvalue weighted by atomic mass is 10.1. The summed E-state index contributed by atoms with van der Waals surface area (Å²) in [5.74, 6) is -0.599. The Balaban J connectivity index is 1.59. The number of nitrogens with one attached hydrogen (secondary N) is 3. The van der Waals surface area contributed by atoms with Crippen LogP contribution in [0.4, 0.5) is 10.5 Å². The fourth-order valence-corrected chi connectivity index (χ4v) is 3.34. The van der Waals surface area contributed by atoms with Gasteiger partial charge in [0.2, 0.25) is 11.8 Å². The molecule has 2 fully saturated rings. The molecule has 2 saturated heterocycles. The van der Waals surface area contributed by atoms with Crippen LogP contribution >= 0.6 is 0 Å². The second kappa shape index (κ2) is 9.52. The predicted octanol–water partition coefficient (Wildman–Crippen LogP) is -0.0128. The summed E-state index contributed by atoms with van der Waals surface area (Å²) < 4.78 is 5.36. The first-order chi connectivity index (χ1) is 13.6. The van der Waals surface area contributed by atoms with Gasteiger partial charge in [0.05, 0.1) is 19.6 Å². The average Bonchev–Trinajstić information content (AvgIpc) is 2.71. The van der Waals surface area contributed by atoms with E-state index in [-0.39, 0.29) is 24.3 Å². The van der Waals surface area contributed by atoms with Gasteiger partial charge < -0.3 is 25.6 Å². The van der Waals surface area contributed by atoms with Crippen LogP contribution in [0.5, 0.6) is 0 Å². The molecule has 0 unspecified atom stereocenters. The lowest BCUT2D eigenvalue weighted by Gasteiger charge is -2.34. The van der Waals surface area contributed by atoms with Crippen LogP contribution in [-0.2, 0) is 20.9 Å². The fraction of sp³-hybridized carbons (Fsp3) is 0.526. The smallest absolute Gasteiger partial charge is 0.322 e. The van der Waals surface area contributed by atoms with Gasteiger partial charge in [-0.2, -0.15) is 0 Å². The number of nitrogens with zero attached hydrogens (tertiary/aromatic N) is 2. The lowest BCUT2D eigenvalue weighted by molar-refractivity contribution is -0.132. The molecule has 0 aliphatic carbocycles. The molecule has 152 valence electrons. The second-order valence-electron chi connectivity index (χ2n) is 6.89. The second-order valence-corrected chi connectivity index (χ2v) is 6.89. The highest BCUT2D eigenvalue weighted by Crippen LogP contribution is 2.15. The molecule has 1 aromatic carbocycles. The van der Waals surface area contributed by atoms with Crippen molar-refractivity contribution in [3.05, 3.63) is 29.8 Å². The molecular formula is C19H27N5O4. The van der Waals surface area contributed by atoms with Crippen LogP contribution in [0.3, 0.4) is 0 Å². The van der Waals surface area contributed by atoms with Crippen molar-refractivity contribution < 1.29 is 19.1 Å². The number of carbonyl (C=O) groups is 3. The van der Waals surface area contributed by atoms with Crippen LogP contribution in [0.15, 0.2) is 24.3 Å². The van der Waals surface area contributed by atoms with E-state index in [1.165, 1.54) is 11.9 Å². The lowest BCUT2D eigenvalue weighted by Crippen LogP contribution is -2.59. The van der Waals surface area contributed by atoms with Crippen LogP contribution in [0.25, 0.3) is 0 Å². The Hall–Kier alpha value is -2.65. The van der Waals surface area contributed by atoms with Gasteiger partial charge in [0, 0.05) is 45.5 Å². The normalized spacial score (nSPS) is 20.4. The van der Waals surface area contributed by atoms with E-state index in [0.29, 0.717) is 18.8 Å². The first kappa shape index (κ1) is 20.1. The zero-order valence-electron chi connectivity index (χ0n) is 16.1. The summed E-state index contributed by atoms with van der Waals surface area (Å²) in [4.78, 5) is 40.2. The van der Waals surface area contributed by atoms with Crippen molar-refractivity contribution in [2.24, 2.45) is 0 Å². The zero-order valence-corrected chi connectivity index (χ0v) is 16.1. The molecule has 3 N–H and O–H groups in total. The molecule has 28 heavy (non-hydrogen) atoms. The molecule has 4 amide bonds. The molecule has 9 heteroatoms. The molecule has 3 rings (SSSR count). The Kier molecular flexibility index (Phi) is 6.83. The summed E-state index contributed by atoms with van der Waals surface area (Å²) in [6.07, 6.45) is -0.0613. The minimum atomic E-state index is -0.811. The van der Waals surface area contributed by atoms with Gasteiger partial charge in [0.1, 0.15) is 6.04 Å². The van der Waals surface area contributed by atoms with Gasteiger partial charge in [-0.1, -0.05) is 12.1 Å². The Morgan fingerprint density at radius 3 is 2.57 bits per heavy atom. The van der Waals surface area contributed by atoms with E-state index in [1.54, 1.807) is 0 Å². The Morgan fingerprint density at radius 1 is 1.18 bits per heavy atom. The van der Waals surface area contributed by atoms with Gasteiger partial charge in [-0.3, -0.25) is 14.5 Å². The summed E-state index contributed by atoms with van der Waals surface area (Å²) in [5, 5.41) is 8.02. The minimum Gasteiger partial charge on any atom is -0.379 e. The van der Waals surface area contributed by atoms with E-state index in [1.807, 2.05) is 24.3 Å². The monoisotopic (exact) mass is 389 g/mol. The number of urea groups is 1. The van der Waals surface area contributed by atoms with Gasteiger partial charge in [-0.15, -0.1) is 0 Å². The van der Waals surface area contributed by atoms with E-state index in [0.717, 1.165) is 38.4 Å². The maximum atomic E-state index is 12.7. The molecule has 0 radical (unpaired) electrons. The predicted molar refractivity (Wildman–Crippen MR) is 104 cm³/mol.